The number of carbonyl (C=O) groups is 2. The molecule has 0 bridgehead atoms. The van der Waals surface area contributed by atoms with Gasteiger partial charge >= 0.3 is 6.09 Å². The molecule has 5 nitrogen and oxygen atoms in total. The van der Waals surface area contributed by atoms with Crippen LogP contribution >= 0.6 is 0 Å². The summed E-state index contributed by atoms with van der Waals surface area (Å²) in [6, 6.07) is 9.17. The number of benzene rings is 1. The molecule has 2 rings (SSSR count). The van der Waals surface area contributed by atoms with E-state index in [9.17, 15) is 9.59 Å². The van der Waals surface area contributed by atoms with Crippen LogP contribution in [0.4, 0.5) is 4.79 Å². The number of β-amino-alcohol motifs (C(OH)–C–C–N with tert-alkyl or cyclic N) is 1. The maximum atomic E-state index is 12.0. The molecule has 96 valence electrons. The summed E-state index contributed by atoms with van der Waals surface area (Å²) < 4.78 is 5.28. The number of ether oxygens (including phenoxy) is 1. The van der Waals surface area contributed by atoms with E-state index in [1.165, 1.54) is 0 Å². The monoisotopic (exact) mass is 249 g/mol. The van der Waals surface area contributed by atoms with Crippen LogP contribution in [0.15, 0.2) is 30.3 Å². The number of nitrogens with zero attached hydrogens (tertiary/aromatic N) is 1. The van der Waals surface area contributed by atoms with Gasteiger partial charge in [-0.3, -0.25) is 4.79 Å². The Morgan fingerprint density at radius 1 is 1.28 bits per heavy atom. The molecule has 1 aliphatic heterocycles. The molecule has 0 unspecified atom stereocenters. The van der Waals surface area contributed by atoms with Crippen molar-refractivity contribution in [2.45, 2.75) is 13.0 Å². The molecule has 0 spiro atoms. The summed E-state index contributed by atoms with van der Waals surface area (Å²) in [6.07, 6.45) is -1.25. The van der Waals surface area contributed by atoms with Gasteiger partial charge in [0.2, 0.25) is 5.91 Å². The Balaban J connectivity index is 2.22. The number of aliphatic hydroxyl groups is 1. The minimum atomic E-state index is -0.694. The third-order valence-corrected chi connectivity index (χ3v) is 3.01. The lowest BCUT2D eigenvalue weighted by Gasteiger charge is -2.34. The Morgan fingerprint density at radius 3 is 2.56 bits per heavy atom. The van der Waals surface area contributed by atoms with Crippen molar-refractivity contribution in [2.75, 3.05) is 13.2 Å². The molecule has 18 heavy (non-hydrogen) atoms. The van der Waals surface area contributed by atoms with Crippen molar-refractivity contribution in [3.63, 3.8) is 0 Å². The van der Waals surface area contributed by atoms with E-state index >= 15 is 0 Å². The largest absolute Gasteiger partial charge is 0.440 e. The summed E-state index contributed by atoms with van der Waals surface area (Å²) in [5.41, 5.74) is 0.801. The Kier molecular flexibility index (Phi) is 3.62. The first-order valence-electron chi connectivity index (χ1n) is 5.83. The third-order valence-electron chi connectivity index (χ3n) is 3.01. The number of aliphatic hydroxyl groups excluding tert-OH is 1. The molecule has 2 atom stereocenters. The maximum Gasteiger partial charge on any atom is 0.417 e. The van der Waals surface area contributed by atoms with Gasteiger partial charge in [-0.1, -0.05) is 30.3 Å². The van der Waals surface area contributed by atoms with Crippen LogP contribution in [-0.2, 0) is 9.53 Å². The zero-order valence-corrected chi connectivity index (χ0v) is 10.1. The molecular weight excluding hydrogens is 234 g/mol. The van der Waals surface area contributed by atoms with E-state index in [0.717, 1.165) is 10.5 Å². The fourth-order valence-electron chi connectivity index (χ4n) is 2.04. The number of cyclic esters (lactones) is 1. The Bertz CT molecular complexity index is 446. The van der Waals surface area contributed by atoms with Gasteiger partial charge < -0.3 is 9.84 Å². The van der Waals surface area contributed by atoms with Crippen molar-refractivity contribution in [3.8, 4) is 0 Å². The van der Waals surface area contributed by atoms with Gasteiger partial charge in [0.05, 0.1) is 19.1 Å². The van der Waals surface area contributed by atoms with Crippen LogP contribution in [0.5, 0.6) is 0 Å². The van der Waals surface area contributed by atoms with Crippen LogP contribution < -0.4 is 0 Å². The Hall–Kier alpha value is -1.88. The van der Waals surface area contributed by atoms with Crippen LogP contribution in [0.25, 0.3) is 0 Å². The molecule has 5 heteroatoms. The molecule has 2 amide bonds. The Morgan fingerprint density at radius 2 is 1.94 bits per heavy atom. The summed E-state index contributed by atoms with van der Waals surface area (Å²) in [7, 11) is 0. The highest BCUT2D eigenvalue weighted by atomic mass is 16.6. The first-order chi connectivity index (χ1) is 8.65. The zero-order chi connectivity index (χ0) is 13.1. The molecular formula is C13H15NO4. The average molecular weight is 249 g/mol. The summed E-state index contributed by atoms with van der Waals surface area (Å²) >= 11 is 0. The number of amides is 2. The SMILES string of the molecule is C[C@@H]1C(=O)N(CCO)C(=O)O[C@H]1c1ccccc1. The smallest absolute Gasteiger partial charge is 0.417 e. The lowest BCUT2D eigenvalue weighted by atomic mass is 9.95. The zero-order valence-electron chi connectivity index (χ0n) is 10.1. The van der Waals surface area contributed by atoms with Crippen molar-refractivity contribution < 1.29 is 19.4 Å². The van der Waals surface area contributed by atoms with E-state index in [2.05, 4.69) is 0 Å². The fourth-order valence-corrected chi connectivity index (χ4v) is 2.04. The summed E-state index contributed by atoms with van der Waals surface area (Å²) in [4.78, 5) is 24.7. The van der Waals surface area contributed by atoms with Gasteiger partial charge in [0.15, 0.2) is 0 Å². The molecule has 0 saturated carbocycles. The summed E-state index contributed by atoms with van der Waals surface area (Å²) in [6.45, 7) is 1.43. The molecule has 1 heterocycles. The van der Waals surface area contributed by atoms with Gasteiger partial charge in [0, 0.05) is 0 Å². The number of carbonyl (C=O) groups excluding carboxylic acids is 2. The van der Waals surface area contributed by atoms with E-state index in [-0.39, 0.29) is 19.1 Å². The number of hydrogen-bond donors (Lipinski definition) is 1. The van der Waals surface area contributed by atoms with Crippen molar-refractivity contribution in [1.29, 1.82) is 0 Å². The van der Waals surface area contributed by atoms with Gasteiger partial charge in [-0.25, -0.2) is 9.69 Å². The van der Waals surface area contributed by atoms with Crippen molar-refractivity contribution in [1.82, 2.24) is 4.90 Å². The maximum absolute atomic E-state index is 12.0. The topological polar surface area (TPSA) is 66.8 Å². The number of imide groups is 1. The molecule has 1 aromatic carbocycles. The van der Waals surface area contributed by atoms with E-state index in [0.29, 0.717) is 0 Å². The fraction of sp³-hybridized carbons (Fsp3) is 0.385. The van der Waals surface area contributed by atoms with Gasteiger partial charge in [0.25, 0.3) is 0 Å². The molecule has 1 fully saturated rings. The third kappa shape index (κ3) is 2.22. The second-order valence-electron chi connectivity index (χ2n) is 4.22. The second kappa shape index (κ2) is 5.18. The summed E-state index contributed by atoms with van der Waals surface area (Å²) in [5.74, 6) is -0.759. The van der Waals surface area contributed by atoms with E-state index in [1.54, 1.807) is 6.92 Å². The standard InChI is InChI=1S/C13H15NO4/c1-9-11(10-5-3-2-4-6-10)18-13(17)14(7-8-15)12(9)16/h2-6,9,11,15H,7-8H2,1H3/t9-,11+/m0/s1. The van der Waals surface area contributed by atoms with Gasteiger partial charge in [-0.05, 0) is 12.5 Å². The van der Waals surface area contributed by atoms with Crippen LogP contribution in [0.2, 0.25) is 0 Å². The molecule has 1 aromatic rings. The lowest BCUT2D eigenvalue weighted by Crippen LogP contribution is -2.49. The minimum Gasteiger partial charge on any atom is -0.440 e. The average Bonchev–Trinajstić information content (AvgIpc) is 2.40. The molecule has 0 aromatic heterocycles. The number of hydrogen-bond acceptors (Lipinski definition) is 4. The van der Waals surface area contributed by atoms with Gasteiger partial charge in [-0.2, -0.15) is 0 Å². The van der Waals surface area contributed by atoms with Crippen molar-refractivity contribution >= 4 is 12.0 Å². The molecule has 0 radical (unpaired) electrons. The van der Waals surface area contributed by atoms with Gasteiger partial charge in [-0.15, -0.1) is 0 Å². The van der Waals surface area contributed by atoms with Crippen LogP contribution in [0.3, 0.4) is 0 Å². The quantitative estimate of drug-likeness (QED) is 0.877. The van der Waals surface area contributed by atoms with Crippen molar-refractivity contribution in [3.05, 3.63) is 35.9 Å². The molecule has 0 aliphatic carbocycles. The first-order valence-corrected chi connectivity index (χ1v) is 5.83. The van der Waals surface area contributed by atoms with Crippen LogP contribution in [-0.4, -0.2) is 35.2 Å². The second-order valence-corrected chi connectivity index (χ2v) is 4.22. The molecule has 1 aliphatic rings. The van der Waals surface area contributed by atoms with E-state index in [4.69, 9.17) is 9.84 Å². The number of rotatable bonds is 3. The predicted octanol–water partition coefficient (Wildman–Crippen LogP) is 1.33. The molecule has 1 saturated heterocycles. The lowest BCUT2D eigenvalue weighted by molar-refractivity contribution is -0.144. The van der Waals surface area contributed by atoms with E-state index in [1.807, 2.05) is 30.3 Å². The highest BCUT2D eigenvalue weighted by Crippen LogP contribution is 2.32. The molecule has 1 N–H and O–H groups in total. The highest BCUT2D eigenvalue weighted by Gasteiger charge is 2.40. The van der Waals surface area contributed by atoms with Crippen LogP contribution in [0, 0.1) is 5.92 Å². The van der Waals surface area contributed by atoms with Crippen LogP contribution in [0.1, 0.15) is 18.6 Å². The van der Waals surface area contributed by atoms with Crippen molar-refractivity contribution in [2.24, 2.45) is 5.92 Å². The highest BCUT2D eigenvalue weighted by molar-refractivity contribution is 5.95. The van der Waals surface area contributed by atoms with Gasteiger partial charge in [0.1, 0.15) is 6.10 Å². The van der Waals surface area contributed by atoms with E-state index < -0.39 is 18.1 Å². The summed E-state index contributed by atoms with van der Waals surface area (Å²) in [5, 5.41) is 8.82. The predicted molar refractivity (Wildman–Crippen MR) is 63.6 cm³/mol. The normalized spacial score (nSPS) is 24.0. The Labute approximate surface area is 105 Å². The minimum absolute atomic E-state index is 0.0243. The first kappa shape index (κ1) is 12.6.